The number of halogens is 3. The van der Waals surface area contributed by atoms with Gasteiger partial charge < -0.3 is 10.8 Å². The lowest BCUT2D eigenvalue weighted by atomic mass is 9.88. The van der Waals surface area contributed by atoms with Gasteiger partial charge in [-0.3, -0.25) is 0 Å². The van der Waals surface area contributed by atoms with Crippen LogP contribution in [0.3, 0.4) is 0 Å². The summed E-state index contributed by atoms with van der Waals surface area (Å²) in [5.74, 6) is -2.16. The molecule has 0 bridgehead atoms. The number of hydrogen-bond donors (Lipinski definition) is 2. The molecular weight excluding hydrogens is 340 g/mol. The van der Waals surface area contributed by atoms with Crippen molar-refractivity contribution in [2.24, 2.45) is 5.73 Å². The Kier molecular flexibility index (Phi) is 5.08. The molecule has 0 fully saturated rings. The summed E-state index contributed by atoms with van der Waals surface area (Å²) in [5, 5.41) is 10.4. The van der Waals surface area contributed by atoms with Gasteiger partial charge in [-0.2, -0.15) is 0 Å². The zero-order valence-electron chi connectivity index (χ0n) is 11.5. The van der Waals surface area contributed by atoms with Crippen molar-refractivity contribution in [3.8, 4) is 0 Å². The van der Waals surface area contributed by atoms with E-state index >= 15 is 0 Å². The average molecular weight is 356 g/mol. The fourth-order valence-corrected chi connectivity index (χ4v) is 2.70. The minimum Gasteiger partial charge on any atom is -0.388 e. The zero-order valence-corrected chi connectivity index (χ0v) is 13.1. The summed E-state index contributed by atoms with van der Waals surface area (Å²) in [6.45, 7) is 2.02. The van der Waals surface area contributed by atoms with Gasteiger partial charge in [0.2, 0.25) is 0 Å². The summed E-state index contributed by atoms with van der Waals surface area (Å²) < 4.78 is 28.2. The standard InChI is InChI=1S/C16H16BrF2NO/c1-9-2-4-10(5-3-9)12(8-20)16(21)15-13(18)6-11(17)7-14(15)19/h2-7,12,16,21H,8,20H2,1H3. The molecule has 5 heteroatoms. The largest absolute Gasteiger partial charge is 0.388 e. The summed E-state index contributed by atoms with van der Waals surface area (Å²) in [6, 6.07) is 9.63. The highest BCUT2D eigenvalue weighted by Gasteiger charge is 2.27. The van der Waals surface area contributed by atoms with Crippen LogP contribution in [-0.4, -0.2) is 11.7 Å². The average Bonchev–Trinajstić information content (AvgIpc) is 2.40. The Balaban J connectivity index is 2.41. The summed E-state index contributed by atoms with van der Waals surface area (Å²) >= 11 is 3.02. The molecule has 2 aromatic carbocycles. The lowest BCUT2D eigenvalue weighted by Crippen LogP contribution is -2.22. The van der Waals surface area contributed by atoms with Gasteiger partial charge in [-0.05, 0) is 24.6 Å². The molecule has 3 N–H and O–H groups in total. The second kappa shape index (κ2) is 6.64. The van der Waals surface area contributed by atoms with E-state index in [0.717, 1.165) is 23.3 Å². The van der Waals surface area contributed by atoms with Gasteiger partial charge in [-0.1, -0.05) is 45.8 Å². The lowest BCUT2D eigenvalue weighted by Gasteiger charge is -2.23. The van der Waals surface area contributed by atoms with Gasteiger partial charge in [0.25, 0.3) is 0 Å². The van der Waals surface area contributed by atoms with Crippen LogP contribution in [0.25, 0.3) is 0 Å². The van der Waals surface area contributed by atoms with E-state index in [-0.39, 0.29) is 16.6 Å². The van der Waals surface area contributed by atoms with Gasteiger partial charge in [0, 0.05) is 16.9 Å². The summed E-state index contributed by atoms with van der Waals surface area (Å²) in [4.78, 5) is 0. The van der Waals surface area contributed by atoms with Crippen molar-refractivity contribution in [3.63, 3.8) is 0 Å². The molecule has 2 rings (SSSR count). The maximum Gasteiger partial charge on any atom is 0.133 e. The number of benzene rings is 2. The molecule has 0 aliphatic carbocycles. The first kappa shape index (κ1) is 16.1. The SMILES string of the molecule is Cc1ccc(C(CN)C(O)c2c(F)cc(Br)cc2F)cc1. The molecule has 0 saturated heterocycles. The molecule has 0 aliphatic rings. The maximum atomic E-state index is 14.0. The Morgan fingerprint density at radius 1 is 1.14 bits per heavy atom. The van der Waals surface area contributed by atoms with Crippen molar-refractivity contribution >= 4 is 15.9 Å². The van der Waals surface area contributed by atoms with Crippen LogP contribution in [-0.2, 0) is 0 Å². The van der Waals surface area contributed by atoms with Gasteiger partial charge in [0.05, 0.1) is 11.7 Å². The van der Waals surface area contributed by atoms with Crippen molar-refractivity contribution in [2.75, 3.05) is 6.54 Å². The molecule has 2 atom stereocenters. The number of rotatable bonds is 4. The van der Waals surface area contributed by atoms with Crippen LogP contribution >= 0.6 is 15.9 Å². The smallest absolute Gasteiger partial charge is 0.133 e. The Morgan fingerprint density at radius 2 is 1.67 bits per heavy atom. The minimum atomic E-state index is -1.34. The van der Waals surface area contributed by atoms with E-state index in [9.17, 15) is 13.9 Å². The third-order valence-corrected chi connectivity index (χ3v) is 3.94. The Hall–Kier alpha value is -1.30. The second-order valence-corrected chi connectivity index (χ2v) is 5.90. The van der Waals surface area contributed by atoms with E-state index in [1.807, 2.05) is 31.2 Å². The van der Waals surface area contributed by atoms with Gasteiger partial charge in [0.1, 0.15) is 11.6 Å². The van der Waals surface area contributed by atoms with E-state index in [0.29, 0.717) is 0 Å². The maximum absolute atomic E-state index is 14.0. The summed E-state index contributed by atoms with van der Waals surface area (Å²) in [6.07, 6.45) is -1.34. The first-order valence-electron chi connectivity index (χ1n) is 6.53. The Bertz CT molecular complexity index is 608. The first-order valence-corrected chi connectivity index (χ1v) is 7.32. The molecule has 0 aliphatic heterocycles. The highest BCUT2D eigenvalue weighted by Crippen LogP contribution is 2.34. The summed E-state index contributed by atoms with van der Waals surface area (Å²) in [5.41, 5.74) is 7.15. The molecule has 2 unspecified atom stereocenters. The molecule has 0 spiro atoms. The topological polar surface area (TPSA) is 46.2 Å². The highest BCUT2D eigenvalue weighted by atomic mass is 79.9. The predicted octanol–water partition coefficient (Wildman–Crippen LogP) is 3.81. The predicted molar refractivity (Wildman–Crippen MR) is 82.0 cm³/mol. The second-order valence-electron chi connectivity index (χ2n) is 4.98. The molecule has 2 aromatic rings. The molecule has 0 radical (unpaired) electrons. The monoisotopic (exact) mass is 355 g/mol. The minimum absolute atomic E-state index is 0.0825. The van der Waals surface area contributed by atoms with E-state index in [2.05, 4.69) is 15.9 Å². The van der Waals surface area contributed by atoms with Crippen molar-refractivity contribution < 1.29 is 13.9 Å². The lowest BCUT2D eigenvalue weighted by molar-refractivity contribution is 0.138. The molecular formula is C16H16BrF2NO. The van der Waals surface area contributed by atoms with Crippen LogP contribution in [0.15, 0.2) is 40.9 Å². The zero-order chi connectivity index (χ0) is 15.6. The van der Waals surface area contributed by atoms with Crippen LogP contribution in [0.1, 0.15) is 28.7 Å². The van der Waals surface area contributed by atoms with Gasteiger partial charge >= 0.3 is 0 Å². The van der Waals surface area contributed by atoms with Gasteiger partial charge in [-0.25, -0.2) is 8.78 Å². The van der Waals surface area contributed by atoms with Gasteiger partial charge in [-0.15, -0.1) is 0 Å². The Morgan fingerprint density at radius 3 is 2.14 bits per heavy atom. The van der Waals surface area contributed by atoms with Crippen molar-refractivity contribution in [2.45, 2.75) is 18.9 Å². The molecule has 0 aromatic heterocycles. The molecule has 0 saturated carbocycles. The van der Waals surface area contributed by atoms with Gasteiger partial charge in [0.15, 0.2) is 0 Å². The third-order valence-electron chi connectivity index (χ3n) is 3.48. The fourth-order valence-electron chi connectivity index (χ4n) is 2.30. The van der Waals surface area contributed by atoms with Crippen LogP contribution < -0.4 is 5.73 Å². The molecule has 21 heavy (non-hydrogen) atoms. The number of hydrogen-bond acceptors (Lipinski definition) is 2. The van der Waals surface area contributed by atoms with E-state index in [1.165, 1.54) is 0 Å². The van der Waals surface area contributed by atoms with Crippen molar-refractivity contribution in [1.82, 2.24) is 0 Å². The van der Waals surface area contributed by atoms with Crippen molar-refractivity contribution in [3.05, 3.63) is 69.2 Å². The summed E-state index contributed by atoms with van der Waals surface area (Å²) in [7, 11) is 0. The van der Waals surface area contributed by atoms with E-state index in [1.54, 1.807) is 0 Å². The van der Waals surface area contributed by atoms with Crippen LogP contribution in [0, 0.1) is 18.6 Å². The van der Waals surface area contributed by atoms with Crippen LogP contribution in [0.4, 0.5) is 8.78 Å². The van der Waals surface area contributed by atoms with Crippen molar-refractivity contribution in [1.29, 1.82) is 0 Å². The number of aryl methyl sites for hydroxylation is 1. The molecule has 0 heterocycles. The van der Waals surface area contributed by atoms with E-state index in [4.69, 9.17) is 5.73 Å². The number of aliphatic hydroxyl groups excluding tert-OH is 1. The van der Waals surface area contributed by atoms with E-state index < -0.39 is 23.7 Å². The molecule has 112 valence electrons. The fraction of sp³-hybridized carbons (Fsp3) is 0.250. The normalized spacial score (nSPS) is 14.0. The first-order chi connectivity index (χ1) is 9.93. The highest BCUT2D eigenvalue weighted by molar-refractivity contribution is 9.10. The molecule has 0 amide bonds. The van der Waals surface area contributed by atoms with Crippen LogP contribution in [0.2, 0.25) is 0 Å². The number of aliphatic hydroxyl groups is 1. The third kappa shape index (κ3) is 3.48. The number of nitrogens with two attached hydrogens (primary N) is 1. The molecule has 2 nitrogen and oxygen atoms in total. The Labute approximate surface area is 130 Å². The van der Waals surface area contributed by atoms with Crippen LogP contribution in [0.5, 0.6) is 0 Å². The quantitative estimate of drug-likeness (QED) is 0.875.